The highest BCUT2D eigenvalue weighted by Crippen LogP contribution is 2.47. The van der Waals surface area contributed by atoms with Crippen LogP contribution in [-0.4, -0.2) is 26.2 Å². The van der Waals surface area contributed by atoms with Crippen LogP contribution in [0.3, 0.4) is 0 Å². The molecule has 3 rings (SSSR count). The first kappa shape index (κ1) is 20.8. The van der Waals surface area contributed by atoms with Crippen molar-refractivity contribution in [2.24, 2.45) is 11.1 Å². The number of primary amides is 1. The van der Waals surface area contributed by atoms with E-state index in [0.29, 0.717) is 5.92 Å². The fourth-order valence-electron chi connectivity index (χ4n) is 5.20. The van der Waals surface area contributed by atoms with Crippen LogP contribution in [0.5, 0.6) is 0 Å². The van der Waals surface area contributed by atoms with Crippen molar-refractivity contribution in [3.8, 4) is 0 Å². The molecule has 4 heteroatoms. The number of nitrogens with zero attached hydrogens (tertiary/aromatic N) is 1. The molecular formula is C24H37N3O. The minimum atomic E-state index is -0.398. The highest BCUT2D eigenvalue weighted by atomic mass is 16.2. The van der Waals surface area contributed by atoms with E-state index in [9.17, 15) is 4.79 Å². The molecule has 0 aliphatic heterocycles. The molecule has 3 unspecified atom stereocenters. The van der Waals surface area contributed by atoms with Crippen LogP contribution in [0.2, 0.25) is 0 Å². The quantitative estimate of drug-likeness (QED) is 0.651. The second-order valence-electron chi connectivity index (χ2n) is 9.23. The Morgan fingerprint density at radius 2 is 1.96 bits per heavy atom. The zero-order chi connectivity index (χ0) is 20.1. The number of hydrogen-bond acceptors (Lipinski definition) is 2. The van der Waals surface area contributed by atoms with Crippen molar-refractivity contribution in [2.75, 3.05) is 19.0 Å². The summed E-state index contributed by atoms with van der Waals surface area (Å²) < 4.78 is 0. The van der Waals surface area contributed by atoms with E-state index >= 15 is 0 Å². The fourth-order valence-corrected chi connectivity index (χ4v) is 5.20. The Morgan fingerprint density at radius 1 is 1.21 bits per heavy atom. The van der Waals surface area contributed by atoms with E-state index in [1.165, 1.54) is 43.4 Å². The molecule has 0 radical (unpaired) electrons. The molecule has 4 nitrogen and oxygen atoms in total. The monoisotopic (exact) mass is 383 g/mol. The predicted molar refractivity (Wildman–Crippen MR) is 118 cm³/mol. The minimum Gasteiger partial charge on any atom is -0.378 e. The normalized spacial score (nSPS) is 27.8. The number of carbonyl (C=O) groups excluding carboxylic acids is 1. The fraction of sp³-hybridized carbons (Fsp3) is 0.625. The van der Waals surface area contributed by atoms with Crippen LogP contribution in [0.1, 0.15) is 76.2 Å². The number of allylic oxidation sites excluding steroid dienone is 2. The molecule has 2 aliphatic rings. The third-order valence-corrected chi connectivity index (χ3v) is 6.95. The number of carbonyl (C=O) groups is 1. The summed E-state index contributed by atoms with van der Waals surface area (Å²) in [6.07, 6.45) is 13.3. The molecule has 3 N–H and O–H groups in total. The third kappa shape index (κ3) is 4.89. The maximum Gasteiger partial charge on any atom is 0.312 e. The zero-order valence-electron chi connectivity index (χ0n) is 17.8. The summed E-state index contributed by atoms with van der Waals surface area (Å²) in [5, 5.41) is 3.15. The minimum absolute atomic E-state index is 0.0798. The Balaban J connectivity index is 1.80. The van der Waals surface area contributed by atoms with Gasteiger partial charge >= 0.3 is 6.03 Å². The number of amides is 2. The number of rotatable bonds is 6. The molecule has 0 bridgehead atoms. The van der Waals surface area contributed by atoms with Crippen molar-refractivity contribution in [1.29, 1.82) is 0 Å². The number of anilines is 1. The summed E-state index contributed by atoms with van der Waals surface area (Å²) in [6, 6.07) is 8.50. The van der Waals surface area contributed by atoms with Crippen molar-refractivity contribution in [2.45, 2.75) is 76.7 Å². The van der Waals surface area contributed by atoms with E-state index in [1.54, 1.807) is 5.57 Å². The van der Waals surface area contributed by atoms with E-state index in [0.717, 1.165) is 25.7 Å². The standard InChI is InChI=1S/C24H37N3O/c1-24(17-15-18-8-5-4-6-9-18)16-7-10-21(22(24)26-23(25)28)19-11-13-20(14-12-19)27(2)3/h8,11-14,21-22H,4-7,9-10,15-17H2,1-3H3,(H3,25,26,28). The van der Waals surface area contributed by atoms with Gasteiger partial charge in [-0.3, -0.25) is 0 Å². The first-order chi connectivity index (χ1) is 13.4. The Morgan fingerprint density at radius 3 is 2.57 bits per heavy atom. The average molecular weight is 384 g/mol. The number of hydrogen-bond donors (Lipinski definition) is 2. The van der Waals surface area contributed by atoms with Gasteiger partial charge in [0.1, 0.15) is 0 Å². The molecule has 1 aromatic rings. The zero-order valence-corrected chi connectivity index (χ0v) is 17.8. The van der Waals surface area contributed by atoms with Crippen LogP contribution >= 0.6 is 0 Å². The van der Waals surface area contributed by atoms with Crippen LogP contribution in [-0.2, 0) is 0 Å². The molecule has 28 heavy (non-hydrogen) atoms. The highest BCUT2D eigenvalue weighted by molar-refractivity contribution is 5.72. The average Bonchev–Trinajstić information content (AvgIpc) is 2.69. The van der Waals surface area contributed by atoms with Gasteiger partial charge < -0.3 is 16.0 Å². The third-order valence-electron chi connectivity index (χ3n) is 6.95. The summed E-state index contributed by atoms with van der Waals surface area (Å²) in [5.41, 5.74) is 9.83. The second-order valence-corrected chi connectivity index (χ2v) is 9.23. The Bertz CT molecular complexity index is 694. The van der Waals surface area contributed by atoms with E-state index in [2.05, 4.69) is 61.6 Å². The summed E-state index contributed by atoms with van der Waals surface area (Å²) in [4.78, 5) is 14.0. The molecule has 154 valence electrons. The van der Waals surface area contributed by atoms with Crippen LogP contribution in [0.4, 0.5) is 10.5 Å². The highest BCUT2D eigenvalue weighted by Gasteiger charge is 2.43. The van der Waals surface area contributed by atoms with E-state index < -0.39 is 6.03 Å². The van der Waals surface area contributed by atoms with Crippen LogP contribution < -0.4 is 16.0 Å². The predicted octanol–water partition coefficient (Wildman–Crippen LogP) is 5.34. The smallest absolute Gasteiger partial charge is 0.312 e. The van der Waals surface area contributed by atoms with E-state index in [1.807, 2.05) is 0 Å². The summed E-state index contributed by atoms with van der Waals surface area (Å²) in [6.45, 7) is 2.36. The van der Waals surface area contributed by atoms with Crippen molar-refractivity contribution >= 4 is 11.7 Å². The van der Waals surface area contributed by atoms with Gasteiger partial charge in [0, 0.05) is 31.7 Å². The van der Waals surface area contributed by atoms with Crippen LogP contribution in [0.25, 0.3) is 0 Å². The number of benzene rings is 1. The Kier molecular flexibility index (Phi) is 6.69. The van der Waals surface area contributed by atoms with Gasteiger partial charge in [-0.15, -0.1) is 0 Å². The Hall–Kier alpha value is -1.97. The Labute approximate surface area is 170 Å². The lowest BCUT2D eigenvalue weighted by Gasteiger charge is -2.47. The number of urea groups is 1. The largest absolute Gasteiger partial charge is 0.378 e. The topological polar surface area (TPSA) is 58.4 Å². The van der Waals surface area contributed by atoms with E-state index in [-0.39, 0.29) is 11.5 Å². The van der Waals surface area contributed by atoms with Gasteiger partial charge in [-0.2, -0.15) is 0 Å². The van der Waals surface area contributed by atoms with Crippen molar-refractivity contribution in [1.82, 2.24) is 5.32 Å². The lowest BCUT2D eigenvalue weighted by atomic mass is 9.62. The molecule has 1 fully saturated rings. The maximum absolute atomic E-state index is 11.9. The van der Waals surface area contributed by atoms with Crippen molar-refractivity contribution < 1.29 is 4.79 Å². The second kappa shape index (κ2) is 9.02. The van der Waals surface area contributed by atoms with E-state index in [4.69, 9.17) is 5.73 Å². The molecule has 1 aromatic carbocycles. The summed E-state index contributed by atoms with van der Waals surface area (Å²) in [5.74, 6) is 0.322. The van der Waals surface area contributed by atoms with Crippen molar-refractivity contribution in [3.63, 3.8) is 0 Å². The van der Waals surface area contributed by atoms with Gasteiger partial charge in [0.25, 0.3) is 0 Å². The van der Waals surface area contributed by atoms with Crippen LogP contribution in [0, 0.1) is 5.41 Å². The van der Waals surface area contributed by atoms with Gasteiger partial charge in [-0.1, -0.05) is 37.1 Å². The molecule has 3 atom stereocenters. The first-order valence-electron chi connectivity index (χ1n) is 10.9. The molecule has 0 aromatic heterocycles. The molecule has 2 aliphatic carbocycles. The molecule has 2 amide bonds. The van der Waals surface area contributed by atoms with Gasteiger partial charge in [0.15, 0.2) is 0 Å². The first-order valence-corrected chi connectivity index (χ1v) is 10.9. The molecule has 0 heterocycles. The van der Waals surface area contributed by atoms with Gasteiger partial charge in [-0.25, -0.2) is 4.79 Å². The van der Waals surface area contributed by atoms with Crippen LogP contribution in [0.15, 0.2) is 35.9 Å². The van der Waals surface area contributed by atoms with Crippen molar-refractivity contribution in [3.05, 3.63) is 41.5 Å². The van der Waals surface area contributed by atoms with Gasteiger partial charge in [0.2, 0.25) is 0 Å². The van der Waals surface area contributed by atoms with Gasteiger partial charge in [0.05, 0.1) is 0 Å². The van der Waals surface area contributed by atoms with Gasteiger partial charge in [-0.05, 0) is 74.5 Å². The SMILES string of the molecule is CN(C)c1ccc(C2CCCC(C)(CCC3=CCCCC3)C2NC(N)=O)cc1. The summed E-state index contributed by atoms with van der Waals surface area (Å²) in [7, 11) is 4.12. The molecule has 0 spiro atoms. The number of nitrogens with two attached hydrogens (primary N) is 1. The maximum atomic E-state index is 11.9. The molecule has 0 saturated heterocycles. The lowest BCUT2D eigenvalue weighted by molar-refractivity contribution is 0.118. The number of nitrogens with one attached hydrogen (secondary N) is 1. The lowest BCUT2D eigenvalue weighted by Crippen LogP contribution is -2.53. The summed E-state index contributed by atoms with van der Waals surface area (Å²) >= 11 is 0. The molecular weight excluding hydrogens is 346 g/mol. The molecule has 1 saturated carbocycles.